The van der Waals surface area contributed by atoms with E-state index in [1.807, 2.05) is 0 Å². The highest BCUT2D eigenvalue weighted by atomic mass is 16.6. The smallest absolute Gasteiger partial charge is 0.390 e. The lowest BCUT2D eigenvalue weighted by Gasteiger charge is -2.21. The molecule has 0 aliphatic rings. The molecule has 0 fully saturated rings. The van der Waals surface area contributed by atoms with Crippen LogP contribution in [0.5, 0.6) is 0 Å². The first-order valence-corrected chi connectivity index (χ1v) is 4.51. The van der Waals surface area contributed by atoms with Crippen LogP contribution in [0.25, 0.3) is 0 Å². The molecule has 0 spiro atoms. The fourth-order valence-electron chi connectivity index (χ4n) is 1.01. The van der Waals surface area contributed by atoms with Crippen LogP contribution in [0.1, 0.15) is 6.92 Å². The number of ether oxygens (including phenoxy) is 1. The van der Waals surface area contributed by atoms with E-state index in [1.165, 1.54) is 0 Å². The van der Waals surface area contributed by atoms with Gasteiger partial charge >= 0.3 is 11.9 Å². The molecule has 0 heterocycles. The monoisotopic (exact) mass is 211 g/mol. The zero-order chi connectivity index (χ0) is 11.3. The molecule has 0 saturated carbocycles. The van der Waals surface area contributed by atoms with Gasteiger partial charge in [-0.25, -0.2) is 4.79 Å². The van der Waals surface area contributed by atoms with Crippen molar-refractivity contribution >= 4 is 11.7 Å². The summed E-state index contributed by atoms with van der Waals surface area (Å²) < 4.78 is 4.48. The Labute approximate surface area is 87.3 Å². The Kier molecular flexibility index (Phi) is 3.65. The number of nitrogens with one attached hydrogen (secondary N) is 1. The van der Waals surface area contributed by atoms with Gasteiger partial charge in [-0.3, -0.25) is 0 Å². The Morgan fingerprint density at radius 3 is 2.53 bits per heavy atom. The molecule has 0 amide bonds. The third-order valence-corrected chi connectivity index (χ3v) is 1.65. The zero-order valence-electron chi connectivity index (χ0n) is 8.30. The number of para-hydroxylation sites is 1. The van der Waals surface area contributed by atoms with Crippen LogP contribution in [0.2, 0.25) is 0 Å². The van der Waals surface area contributed by atoms with E-state index < -0.39 is 11.9 Å². The standard InChI is InChI=1S/C10H13NO4/c1-2-15-9(12)10(13,14)11-8-6-4-3-5-7-8/h3-7,11,13-14H,2H2,1H3. The second-order valence-corrected chi connectivity index (χ2v) is 2.88. The second-order valence-electron chi connectivity index (χ2n) is 2.88. The predicted molar refractivity (Wildman–Crippen MR) is 53.9 cm³/mol. The molecule has 1 aromatic rings. The number of hydrogen-bond donors (Lipinski definition) is 3. The summed E-state index contributed by atoms with van der Waals surface area (Å²) in [7, 11) is 0. The van der Waals surface area contributed by atoms with Crippen molar-refractivity contribution in [2.24, 2.45) is 0 Å². The molecule has 82 valence electrons. The summed E-state index contributed by atoms with van der Waals surface area (Å²) in [4.78, 5) is 11.1. The molecule has 0 bridgehead atoms. The molecule has 5 heteroatoms. The Bertz CT molecular complexity index is 323. The average molecular weight is 211 g/mol. The van der Waals surface area contributed by atoms with Gasteiger partial charge in [0, 0.05) is 5.69 Å². The molecular formula is C10H13NO4. The van der Waals surface area contributed by atoms with Gasteiger partial charge in [-0.2, -0.15) is 0 Å². The number of carbonyl (C=O) groups is 1. The Morgan fingerprint density at radius 1 is 1.40 bits per heavy atom. The summed E-state index contributed by atoms with van der Waals surface area (Å²) in [6, 6.07) is 8.36. The SMILES string of the molecule is CCOC(=O)C(O)(O)Nc1ccccc1. The number of hydrogen-bond acceptors (Lipinski definition) is 5. The lowest BCUT2D eigenvalue weighted by Crippen LogP contribution is -2.47. The topological polar surface area (TPSA) is 78.8 Å². The summed E-state index contributed by atoms with van der Waals surface area (Å²) in [6.07, 6.45) is 0. The van der Waals surface area contributed by atoms with Gasteiger partial charge in [-0.15, -0.1) is 0 Å². The van der Waals surface area contributed by atoms with Crippen LogP contribution in [0.15, 0.2) is 30.3 Å². The number of esters is 1. The number of benzene rings is 1. The Balaban J connectivity index is 2.68. The van der Waals surface area contributed by atoms with Gasteiger partial charge in [-0.1, -0.05) is 18.2 Å². The van der Waals surface area contributed by atoms with Crippen molar-refractivity contribution in [3.63, 3.8) is 0 Å². The normalized spacial score (nSPS) is 10.9. The van der Waals surface area contributed by atoms with E-state index in [0.717, 1.165) is 0 Å². The molecule has 1 rings (SSSR count). The number of aliphatic hydroxyl groups is 2. The zero-order valence-corrected chi connectivity index (χ0v) is 8.30. The van der Waals surface area contributed by atoms with Gasteiger partial charge in [0.1, 0.15) is 0 Å². The minimum Gasteiger partial charge on any atom is -0.460 e. The minimum atomic E-state index is -2.70. The van der Waals surface area contributed by atoms with E-state index in [4.69, 9.17) is 0 Å². The molecule has 0 aliphatic carbocycles. The van der Waals surface area contributed by atoms with Gasteiger partial charge in [-0.05, 0) is 19.1 Å². The molecule has 1 aromatic carbocycles. The van der Waals surface area contributed by atoms with Crippen molar-refractivity contribution in [3.05, 3.63) is 30.3 Å². The summed E-state index contributed by atoms with van der Waals surface area (Å²) in [5, 5.41) is 20.9. The molecule has 0 aliphatic heterocycles. The van der Waals surface area contributed by atoms with E-state index in [9.17, 15) is 15.0 Å². The highest BCUT2D eigenvalue weighted by Gasteiger charge is 2.35. The first kappa shape index (κ1) is 11.5. The van der Waals surface area contributed by atoms with Crippen LogP contribution in [0.4, 0.5) is 5.69 Å². The van der Waals surface area contributed by atoms with Crippen molar-refractivity contribution in [2.75, 3.05) is 11.9 Å². The Morgan fingerprint density at radius 2 is 2.00 bits per heavy atom. The number of anilines is 1. The molecule has 0 unspecified atom stereocenters. The van der Waals surface area contributed by atoms with Gasteiger partial charge in [0.15, 0.2) is 0 Å². The molecule has 0 atom stereocenters. The summed E-state index contributed by atoms with van der Waals surface area (Å²) in [6.45, 7) is 1.66. The maximum absolute atomic E-state index is 11.1. The van der Waals surface area contributed by atoms with Gasteiger partial charge in [0.25, 0.3) is 0 Å². The van der Waals surface area contributed by atoms with Crippen molar-refractivity contribution in [3.8, 4) is 0 Å². The number of rotatable bonds is 4. The third kappa shape index (κ3) is 3.23. The third-order valence-electron chi connectivity index (χ3n) is 1.65. The molecule has 5 nitrogen and oxygen atoms in total. The first-order chi connectivity index (χ1) is 7.06. The van der Waals surface area contributed by atoms with Crippen molar-refractivity contribution in [2.45, 2.75) is 12.8 Å². The van der Waals surface area contributed by atoms with Gasteiger partial charge < -0.3 is 20.3 Å². The van der Waals surface area contributed by atoms with E-state index in [1.54, 1.807) is 37.3 Å². The van der Waals surface area contributed by atoms with Crippen molar-refractivity contribution in [1.29, 1.82) is 0 Å². The fourth-order valence-corrected chi connectivity index (χ4v) is 1.01. The van der Waals surface area contributed by atoms with Crippen LogP contribution in [-0.4, -0.2) is 28.7 Å². The van der Waals surface area contributed by atoms with Crippen LogP contribution in [0, 0.1) is 0 Å². The summed E-state index contributed by atoms with van der Waals surface area (Å²) in [5.74, 6) is -3.83. The van der Waals surface area contributed by atoms with Crippen LogP contribution in [-0.2, 0) is 9.53 Å². The first-order valence-electron chi connectivity index (χ1n) is 4.51. The maximum atomic E-state index is 11.1. The van der Waals surface area contributed by atoms with Crippen LogP contribution >= 0.6 is 0 Å². The Hall–Kier alpha value is -1.59. The van der Waals surface area contributed by atoms with Gasteiger partial charge in [0.2, 0.25) is 0 Å². The van der Waals surface area contributed by atoms with E-state index in [-0.39, 0.29) is 6.61 Å². The van der Waals surface area contributed by atoms with Crippen molar-refractivity contribution < 1.29 is 19.7 Å². The maximum Gasteiger partial charge on any atom is 0.390 e. The average Bonchev–Trinajstić information content (AvgIpc) is 2.19. The number of carbonyl (C=O) groups excluding carboxylic acids is 1. The lowest BCUT2D eigenvalue weighted by molar-refractivity contribution is -0.199. The second kappa shape index (κ2) is 4.77. The predicted octanol–water partition coefficient (Wildman–Crippen LogP) is 0.300. The summed E-state index contributed by atoms with van der Waals surface area (Å²) >= 11 is 0. The van der Waals surface area contributed by atoms with E-state index in [0.29, 0.717) is 5.69 Å². The van der Waals surface area contributed by atoms with Gasteiger partial charge in [0.05, 0.1) is 6.61 Å². The lowest BCUT2D eigenvalue weighted by atomic mass is 10.3. The van der Waals surface area contributed by atoms with E-state index in [2.05, 4.69) is 10.1 Å². The molecule has 0 radical (unpaired) electrons. The summed E-state index contributed by atoms with van der Waals surface area (Å²) in [5.41, 5.74) is 0.413. The fraction of sp³-hybridized carbons (Fsp3) is 0.300. The quantitative estimate of drug-likeness (QED) is 0.493. The van der Waals surface area contributed by atoms with E-state index >= 15 is 0 Å². The van der Waals surface area contributed by atoms with Crippen LogP contribution < -0.4 is 5.32 Å². The molecular weight excluding hydrogens is 198 g/mol. The highest BCUT2D eigenvalue weighted by molar-refractivity contribution is 5.80. The molecule has 0 aromatic heterocycles. The molecule has 3 N–H and O–H groups in total. The van der Waals surface area contributed by atoms with Crippen molar-refractivity contribution in [1.82, 2.24) is 0 Å². The highest BCUT2D eigenvalue weighted by Crippen LogP contribution is 2.11. The molecule has 15 heavy (non-hydrogen) atoms. The van der Waals surface area contributed by atoms with Crippen LogP contribution in [0.3, 0.4) is 0 Å². The largest absolute Gasteiger partial charge is 0.460 e. The molecule has 0 saturated heterocycles. The minimum absolute atomic E-state index is 0.0815.